The van der Waals surface area contributed by atoms with Crippen molar-refractivity contribution in [3.8, 4) is 0 Å². The molecule has 1 rings (SSSR count). The van der Waals surface area contributed by atoms with Crippen molar-refractivity contribution >= 4 is 15.9 Å². The van der Waals surface area contributed by atoms with Crippen molar-refractivity contribution in [2.24, 2.45) is 0 Å². The molecule has 1 amide bonds. The molecule has 0 aliphatic rings. The first-order valence-corrected chi connectivity index (χ1v) is 8.60. The molecule has 0 saturated carbocycles. The van der Waals surface area contributed by atoms with Crippen molar-refractivity contribution in [2.75, 3.05) is 6.26 Å². The van der Waals surface area contributed by atoms with E-state index in [2.05, 4.69) is 5.32 Å². The maximum atomic E-state index is 11.8. The molecule has 21 heavy (non-hydrogen) atoms. The standard InChI is InChI=1S/C15H23NO4S/c1-10-12(8-7-9-13(10)21(6,18)19)11(2)16-14(17)20-15(3,4)5/h7-9,11H,1-6H3,(H,16,17). The van der Waals surface area contributed by atoms with Crippen LogP contribution in [0.1, 0.15) is 44.9 Å². The minimum Gasteiger partial charge on any atom is -0.444 e. The van der Waals surface area contributed by atoms with Gasteiger partial charge in [-0.15, -0.1) is 0 Å². The number of amides is 1. The van der Waals surface area contributed by atoms with Gasteiger partial charge in [0.25, 0.3) is 0 Å². The summed E-state index contributed by atoms with van der Waals surface area (Å²) in [6.07, 6.45) is 0.643. The number of hydrogen-bond donors (Lipinski definition) is 1. The summed E-state index contributed by atoms with van der Waals surface area (Å²) in [6, 6.07) is 4.69. The topological polar surface area (TPSA) is 72.5 Å². The van der Waals surface area contributed by atoms with Crippen molar-refractivity contribution in [3.05, 3.63) is 29.3 Å². The monoisotopic (exact) mass is 313 g/mol. The van der Waals surface area contributed by atoms with E-state index >= 15 is 0 Å². The van der Waals surface area contributed by atoms with Crippen LogP contribution in [0.15, 0.2) is 23.1 Å². The number of carbonyl (C=O) groups is 1. The predicted molar refractivity (Wildman–Crippen MR) is 82.1 cm³/mol. The maximum Gasteiger partial charge on any atom is 0.408 e. The number of ether oxygens (including phenoxy) is 1. The zero-order chi connectivity index (χ0) is 16.4. The molecule has 0 fully saturated rings. The molecule has 1 aromatic rings. The molecule has 0 aliphatic carbocycles. The first kappa shape index (κ1) is 17.5. The Bertz CT molecular complexity index is 630. The lowest BCUT2D eigenvalue weighted by molar-refractivity contribution is 0.0508. The third-order valence-corrected chi connectivity index (χ3v) is 4.17. The smallest absolute Gasteiger partial charge is 0.408 e. The van der Waals surface area contributed by atoms with Crippen LogP contribution in [0.25, 0.3) is 0 Å². The van der Waals surface area contributed by atoms with Gasteiger partial charge in [-0.25, -0.2) is 13.2 Å². The van der Waals surface area contributed by atoms with Gasteiger partial charge in [0, 0.05) is 6.26 Å². The Morgan fingerprint density at radius 3 is 2.33 bits per heavy atom. The van der Waals surface area contributed by atoms with Crippen LogP contribution in [0.4, 0.5) is 4.79 Å². The van der Waals surface area contributed by atoms with Crippen LogP contribution in [0.2, 0.25) is 0 Å². The average Bonchev–Trinajstić information content (AvgIpc) is 2.24. The molecule has 1 atom stereocenters. The first-order valence-electron chi connectivity index (χ1n) is 6.71. The van der Waals surface area contributed by atoms with Crippen LogP contribution in [-0.2, 0) is 14.6 Å². The summed E-state index contributed by atoms with van der Waals surface area (Å²) in [5.41, 5.74) is 0.820. The number of nitrogens with one attached hydrogen (secondary N) is 1. The summed E-state index contributed by atoms with van der Waals surface area (Å²) >= 11 is 0. The van der Waals surface area contributed by atoms with Gasteiger partial charge in [-0.1, -0.05) is 12.1 Å². The summed E-state index contributed by atoms with van der Waals surface area (Å²) in [4.78, 5) is 12.1. The highest BCUT2D eigenvalue weighted by Gasteiger charge is 2.21. The molecule has 1 aromatic carbocycles. The van der Waals surface area contributed by atoms with E-state index in [0.29, 0.717) is 5.56 Å². The van der Waals surface area contributed by atoms with E-state index in [1.54, 1.807) is 52.8 Å². The van der Waals surface area contributed by atoms with Crippen LogP contribution in [-0.4, -0.2) is 26.4 Å². The summed E-state index contributed by atoms with van der Waals surface area (Å²) in [5, 5.41) is 2.72. The fraction of sp³-hybridized carbons (Fsp3) is 0.533. The highest BCUT2D eigenvalue weighted by molar-refractivity contribution is 7.90. The molecular formula is C15H23NO4S. The van der Waals surface area contributed by atoms with E-state index in [1.807, 2.05) is 0 Å². The Kier molecular flexibility index (Phi) is 5.04. The van der Waals surface area contributed by atoms with Gasteiger partial charge in [0.05, 0.1) is 10.9 Å². The van der Waals surface area contributed by atoms with Gasteiger partial charge in [-0.3, -0.25) is 0 Å². The third kappa shape index (κ3) is 5.04. The second kappa shape index (κ2) is 6.05. The minimum atomic E-state index is -3.29. The fourth-order valence-electron chi connectivity index (χ4n) is 2.06. The van der Waals surface area contributed by atoms with Crippen LogP contribution in [0.5, 0.6) is 0 Å². The molecule has 0 aliphatic heterocycles. The Morgan fingerprint density at radius 1 is 1.29 bits per heavy atom. The number of rotatable bonds is 3. The normalized spacial score (nSPS) is 13.6. The molecule has 0 aromatic heterocycles. The molecule has 5 nitrogen and oxygen atoms in total. The van der Waals surface area contributed by atoms with E-state index in [9.17, 15) is 13.2 Å². The SMILES string of the molecule is Cc1c(C(C)NC(=O)OC(C)(C)C)cccc1S(C)(=O)=O. The number of alkyl carbamates (subject to hydrolysis) is 1. The summed E-state index contributed by atoms with van der Waals surface area (Å²) in [5.74, 6) is 0. The molecule has 0 saturated heterocycles. The van der Waals surface area contributed by atoms with Crippen molar-refractivity contribution in [3.63, 3.8) is 0 Å². The highest BCUT2D eigenvalue weighted by atomic mass is 32.2. The van der Waals surface area contributed by atoms with E-state index in [4.69, 9.17) is 4.74 Å². The van der Waals surface area contributed by atoms with Gasteiger partial charge in [-0.2, -0.15) is 0 Å². The lowest BCUT2D eigenvalue weighted by Crippen LogP contribution is -2.34. The molecule has 118 valence electrons. The third-order valence-electron chi connectivity index (χ3n) is 2.93. The van der Waals surface area contributed by atoms with Crippen LogP contribution in [0, 0.1) is 6.92 Å². The Labute approximate surface area is 126 Å². The summed E-state index contributed by atoms with van der Waals surface area (Å²) in [6.45, 7) is 8.88. The van der Waals surface area contributed by atoms with Crippen molar-refractivity contribution in [1.29, 1.82) is 0 Å². The van der Waals surface area contributed by atoms with Gasteiger partial charge in [0.2, 0.25) is 0 Å². The fourth-order valence-corrected chi connectivity index (χ4v) is 3.06. The Hall–Kier alpha value is -1.56. The second-order valence-electron chi connectivity index (χ2n) is 6.11. The predicted octanol–water partition coefficient (Wildman–Crippen LogP) is 2.98. The van der Waals surface area contributed by atoms with Gasteiger partial charge < -0.3 is 10.1 Å². The molecule has 0 spiro atoms. The average molecular weight is 313 g/mol. The number of carbonyl (C=O) groups excluding carboxylic acids is 1. The van der Waals surface area contributed by atoms with Crippen LogP contribution >= 0.6 is 0 Å². The Morgan fingerprint density at radius 2 is 1.86 bits per heavy atom. The van der Waals surface area contributed by atoms with Crippen molar-refractivity contribution in [2.45, 2.75) is 51.2 Å². The number of benzene rings is 1. The number of hydrogen-bond acceptors (Lipinski definition) is 4. The quantitative estimate of drug-likeness (QED) is 0.931. The second-order valence-corrected chi connectivity index (χ2v) is 8.09. The minimum absolute atomic E-state index is 0.276. The zero-order valence-corrected chi connectivity index (χ0v) is 14.2. The first-order chi connectivity index (χ1) is 9.42. The van der Waals surface area contributed by atoms with E-state index in [-0.39, 0.29) is 10.9 Å². The number of sulfone groups is 1. The molecule has 0 radical (unpaired) electrons. The summed E-state index contributed by atoms with van der Waals surface area (Å²) < 4.78 is 28.7. The molecular weight excluding hydrogens is 290 g/mol. The Balaban J connectivity index is 2.99. The zero-order valence-electron chi connectivity index (χ0n) is 13.4. The van der Waals surface area contributed by atoms with E-state index in [0.717, 1.165) is 5.56 Å². The molecule has 6 heteroatoms. The largest absolute Gasteiger partial charge is 0.444 e. The van der Waals surface area contributed by atoms with Gasteiger partial charge in [0.15, 0.2) is 9.84 Å². The molecule has 1 unspecified atom stereocenters. The van der Waals surface area contributed by atoms with E-state index in [1.165, 1.54) is 6.26 Å². The van der Waals surface area contributed by atoms with Crippen molar-refractivity contribution in [1.82, 2.24) is 5.32 Å². The summed E-state index contributed by atoms with van der Waals surface area (Å²) in [7, 11) is -3.29. The molecule has 1 N–H and O–H groups in total. The van der Waals surface area contributed by atoms with E-state index < -0.39 is 21.5 Å². The van der Waals surface area contributed by atoms with Gasteiger partial charge in [0.1, 0.15) is 5.60 Å². The molecule has 0 bridgehead atoms. The van der Waals surface area contributed by atoms with Crippen LogP contribution < -0.4 is 5.32 Å². The van der Waals surface area contributed by atoms with Gasteiger partial charge >= 0.3 is 6.09 Å². The van der Waals surface area contributed by atoms with Crippen molar-refractivity contribution < 1.29 is 17.9 Å². The van der Waals surface area contributed by atoms with Crippen LogP contribution in [0.3, 0.4) is 0 Å². The molecule has 0 heterocycles. The van der Waals surface area contributed by atoms with Gasteiger partial charge in [-0.05, 0) is 51.8 Å². The lowest BCUT2D eigenvalue weighted by atomic mass is 10.0. The highest BCUT2D eigenvalue weighted by Crippen LogP contribution is 2.24. The maximum absolute atomic E-state index is 11.8. The lowest BCUT2D eigenvalue weighted by Gasteiger charge is -2.23.